The Bertz CT molecular complexity index is 766. The van der Waals surface area contributed by atoms with Gasteiger partial charge in [-0.15, -0.1) is 0 Å². The predicted molar refractivity (Wildman–Crippen MR) is 111 cm³/mol. The zero-order valence-corrected chi connectivity index (χ0v) is 17.9. The van der Waals surface area contributed by atoms with Crippen molar-refractivity contribution in [3.05, 3.63) is 34.9 Å². The summed E-state index contributed by atoms with van der Waals surface area (Å²) in [5.41, 5.74) is 0.352. The van der Waals surface area contributed by atoms with Crippen LogP contribution in [0.3, 0.4) is 0 Å². The Balaban J connectivity index is 1.43. The summed E-state index contributed by atoms with van der Waals surface area (Å²) in [6, 6.07) is 7.49. The van der Waals surface area contributed by atoms with Crippen molar-refractivity contribution < 1.29 is 14.4 Å². The van der Waals surface area contributed by atoms with Crippen molar-refractivity contribution in [3.63, 3.8) is 0 Å². The third-order valence-electron chi connectivity index (χ3n) is 5.48. The largest absolute Gasteiger partial charge is 0.341 e. The summed E-state index contributed by atoms with van der Waals surface area (Å²) in [6.45, 7) is 7.71. The molecular weight excluding hydrogens is 392 g/mol. The van der Waals surface area contributed by atoms with Gasteiger partial charge in [0.25, 0.3) is 5.91 Å². The predicted octanol–water partition coefficient (Wildman–Crippen LogP) is 2.48. The van der Waals surface area contributed by atoms with Crippen molar-refractivity contribution >= 4 is 29.4 Å². The highest BCUT2D eigenvalue weighted by Crippen LogP contribution is 2.18. The van der Waals surface area contributed by atoms with Crippen LogP contribution in [-0.2, 0) is 16.1 Å². The van der Waals surface area contributed by atoms with Crippen molar-refractivity contribution in [2.75, 3.05) is 32.7 Å². The van der Waals surface area contributed by atoms with Crippen molar-refractivity contribution in [3.8, 4) is 0 Å². The molecule has 0 saturated carbocycles. The lowest BCUT2D eigenvalue weighted by atomic mass is 10.1. The number of imide groups is 1. The summed E-state index contributed by atoms with van der Waals surface area (Å²) >= 11 is 5.95. The molecule has 3 rings (SSSR count). The summed E-state index contributed by atoms with van der Waals surface area (Å²) in [5, 5.41) is 3.39. The molecule has 0 bridgehead atoms. The Morgan fingerprint density at radius 2 is 1.83 bits per heavy atom. The summed E-state index contributed by atoms with van der Waals surface area (Å²) in [6.07, 6.45) is 1.76. The number of hydrogen-bond donors (Lipinski definition) is 1. The number of benzene rings is 1. The molecule has 0 radical (unpaired) electrons. The SMILES string of the molecule is CC1(C)NC(=O)N(CCCC(=O)N2CCCN(Cc3ccc(Cl)cc3)CC2)C1=O. The maximum absolute atomic E-state index is 12.6. The van der Waals surface area contributed by atoms with Gasteiger partial charge in [0.1, 0.15) is 5.54 Å². The minimum atomic E-state index is -0.862. The zero-order valence-electron chi connectivity index (χ0n) is 17.1. The summed E-state index contributed by atoms with van der Waals surface area (Å²) in [4.78, 5) is 42.2. The molecule has 0 spiro atoms. The molecule has 8 heteroatoms. The summed E-state index contributed by atoms with van der Waals surface area (Å²) < 4.78 is 0. The molecule has 2 heterocycles. The van der Waals surface area contributed by atoms with Crippen molar-refractivity contribution in [2.24, 2.45) is 0 Å². The topological polar surface area (TPSA) is 73.0 Å². The fourth-order valence-corrected chi connectivity index (χ4v) is 3.92. The zero-order chi connectivity index (χ0) is 21.0. The molecule has 1 N–H and O–H groups in total. The quantitative estimate of drug-likeness (QED) is 0.717. The van der Waals surface area contributed by atoms with Crippen molar-refractivity contribution in [1.82, 2.24) is 20.0 Å². The van der Waals surface area contributed by atoms with E-state index in [0.717, 1.165) is 37.6 Å². The lowest BCUT2D eigenvalue weighted by Gasteiger charge is -2.22. The number of hydrogen-bond acceptors (Lipinski definition) is 4. The molecule has 2 aliphatic heterocycles. The van der Waals surface area contributed by atoms with Crippen LogP contribution in [0, 0.1) is 0 Å². The van der Waals surface area contributed by atoms with E-state index in [4.69, 9.17) is 11.6 Å². The molecule has 0 aromatic heterocycles. The number of carbonyl (C=O) groups is 3. The Morgan fingerprint density at radius 3 is 2.48 bits per heavy atom. The molecule has 0 aliphatic carbocycles. The van der Waals surface area contributed by atoms with Crippen LogP contribution in [0.5, 0.6) is 0 Å². The van der Waals surface area contributed by atoms with Gasteiger partial charge < -0.3 is 10.2 Å². The molecule has 0 atom stereocenters. The first-order valence-corrected chi connectivity index (χ1v) is 10.5. The van der Waals surface area contributed by atoms with Gasteiger partial charge in [0.2, 0.25) is 5.91 Å². The first kappa shape index (κ1) is 21.6. The molecule has 1 aromatic rings. The van der Waals surface area contributed by atoms with Gasteiger partial charge >= 0.3 is 6.03 Å². The normalized spacial score (nSPS) is 20.0. The Morgan fingerprint density at radius 1 is 1.10 bits per heavy atom. The fraction of sp³-hybridized carbons (Fsp3) is 0.571. The van der Waals surface area contributed by atoms with Crippen LogP contribution in [-0.4, -0.2) is 70.8 Å². The lowest BCUT2D eigenvalue weighted by molar-refractivity contribution is -0.133. The van der Waals surface area contributed by atoms with E-state index in [1.165, 1.54) is 10.5 Å². The van der Waals surface area contributed by atoms with E-state index in [1.54, 1.807) is 13.8 Å². The van der Waals surface area contributed by atoms with E-state index in [2.05, 4.69) is 10.2 Å². The highest BCUT2D eigenvalue weighted by Gasteiger charge is 2.43. The second kappa shape index (κ2) is 9.13. The molecule has 2 saturated heterocycles. The number of carbonyl (C=O) groups excluding carboxylic acids is 3. The minimum Gasteiger partial charge on any atom is -0.341 e. The molecule has 7 nitrogen and oxygen atoms in total. The van der Waals surface area contributed by atoms with Crippen LogP contribution < -0.4 is 5.32 Å². The number of amides is 4. The summed E-state index contributed by atoms with van der Waals surface area (Å²) in [7, 11) is 0. The smallest absolute Gasteiger partial charge is 0.325 e. The van der Waals surface area contributed by atoms with E-state index in [1.807, 2.05) is 29.2 Å². The molecule has 0 unspecified atom stereocenters. The van der Waals surface area contributed by atoms with Gasteiger partial charge in [-0.05, 0) is 44.4 Å². The van der Waals surface area contributed by atoms with Gasteiger partial charge in [-0.1, -0.05) is 23.7 Å². The molecule has 1 aromatic carbocycles. The van der Waals surface area contributed by atoms with Crippen LogP contribution >= 0.6 is 11.6 Å². The number of urea groups is 1. The Labute approximate surface area is 177 Å². The maximum atomic E-state index is 12.6. The number of rotatable bonds is 6. The highest BCUT2D eigenvalue weighted by atomic mass is 35.5. The second-order valence-corrected chi connectivity index (χ2v) is 8.69. The van der Waals surface area contributed by atoms with Crippen LogP contribution in [0.15, 0.2) is 24.3 Å². The fourth-order valence-electron chi connectivity index (χ4n) is 3.79. The van der Waals surface area contributed by atoms with Gasteiger partial charge in [-0.3, -0.25) is 19.4 Å². The molecule has 2 aliphatic rings. The minimum absolute atomic E-state index is 0.0876. The first-order chi connectivity index (χ1) is 13.8. The highest BCUT2D eigenvalue weighted by molar-refractivity contribution is 6.30. The molecule has 2 fully saturated rings. The van der Waals surface area contributed by atoms with E-state index >= 15 is 0 Å². The molecule has 29 heavy (non-hydrogen) atoms. The molecule has 158 valence electrons. The van der Waals surface area contributed by atoms with E-state index in [-0.39, 0.29) is 24.4 Å². The van der Waals surface area contributed by atoms with Gasteiger partial charge in [-0.25, -0.2) is 4.79 Å². The Hall–Kier alpha value is -2.12. The number of halogens is 1. The number of nitrogens with zero attached hydrogens (tertiary/aromatic N) is 3. The third-order valence-corrected chi connectivity index (χ3v) is 5.73. The van der Waals surface area contributed by atoms with Crippen LogP contribution in [0.4, 0.5) is 4.79 Å². The van der Waals surface area contributed by atoms with Crippen molar-refractivity contribution in [2.45, 2.75) is 45.2 Å². The maximum Gasteiger partial charge on any atom is 0.325 e. The van der Waals surface area contributed by atoms with E-state index in [9.17, 15) is 14.4 Å². The standard InChI is InChI=1S/C21H29ClN4O3/c1-21(2)19(28)26(20(29)23-21)12-3-5-18(27)25-11-4-10-24(13-14-25)15-16-6-8-17(22)9-7-16/h6-9H,3-5,10-15H2,1-2H3,(H,23,29). The second-order valence-electron chi connectivity index (χ2n) is 8.25. The van der Waals surface area contributed by atoms with E-state index in [0.29, 0.717) is 19.4 Å². The van der Waals surface area contributed by atoms with Gasteiger partial charge in [0.15, 0.2) is 0 Å². The first-order valence-electron chi connectivity index (χ1n) is 10.1. The average Bonchev–Trinajstić information content (AvgIpc) is 2.84. The Kier molecular flexibility index (Phi) is 6.80. The van der Waals surface area contributed by atoms with Gasteiger partial charge in [0, 0.05) is 50.7 Å². The molecule has 4 amide bonds. The monoisotopic (exact) mass is 420 g/mol. The molecular formula is C21H29ClN4O3. The van der Waals surface area contributed by atoms with Crippen LogP contribution in [0.2, 0.25) is 5.02 Å². The van der Waals surface area contributed by atoms with Crippen LogP contribution in [0.25, 0.3) is 0 Å². The average molecular weight is 421 g/mol. The van der Waals surface area contributed by atoms with Gasteiger partial charge in [-0.2, -0.15) is 0 Å². The third kappa shape index (κ3) is 5.48. The van der Waals surface area contributed by atoms with E-state index < -0.39 is 5.54 Å². The number of nitrogens with one attached hydrogen (secondary N) is 1. The van der Waals surface area contributed by atoms with Crippen molar-refractivity contribution in [1.29, 1.82) is 0 Å². The summed E-state index contributed by atoms with van der Waals surface area (Å²) in [5.74, 6) is -0.146. The van der Waals surface area contributed by atoms with Gasteiger partial charge in [0.05, 0.1) is 0 Å². The van der Waals surface area contributed by atoms with Crippen LogP contribution in [0.1, 0.15) is 38.7 Å². The lowest BCUT2D eigenvalue weighted by Crippen LogP contribution is -2.40.